The highest BCUT2D eigenvalue weighted by Gasteiger charge is 2.17. The third-order valence-corrected chi connectivity index (χ3v) is 2.86. The molecule has 1 aliphatic heterocycles. The Labute approximate surface area is 124 Å². The molecule has 0 saturated carbocycles. The summed E-state index contributed by atoms with van der Waals surface area (Å²) in [5.74, 6) is -0.0556. The lowest BCUT2D eigenvalue weighted by molar-refractivity contribution is -0.119. The van der Waals surface area contributed by atoms with E-state index in [2.05, 4.69) is 15.7 Å². The molecule has 1 atom stereocenters. The first-order valence-electron chi connectivity index (χ1n) is 6.41. The number of carbonyl (C=O) groups is 1. The number of hydrogen-bond acceptors (Lipinski definition) is 5. The minimum Gasteiger partial charge on any atom is -0.383 e. The van der Waals surface area contributed by atoms with Crippen molar-refractivity contribution in [2.75, 3.05) is 38.7 Å². The molecule has 114 valence electrons. The van der Waals surface area contributed by atoms with Crippen molar-refractivity contribution < 1.29 is 14.3 Å². The number of amides is 1. The molecule has 1 saturated heterocycles. The molecule has 0 radical (unpaired) electrons. The largest absolute Gasteiger partial charge is 0.383 e. The molecule has 8 heteroatoms. The summed E-state index contributed by atoms with van der Waals surface area (Å²) >= 11 is 0. The van der Waals surface area contributed by atoms with Gasteiger partial charge < -0.3 is 20.1 Å². The Kier molecular flexibility index (Phi) is 7.53. The smallest absolute Gasteiger partial charge is 0.227 e. The number of anilines is 1. The molecule has 0 spiro atoms. The molecular weight excluding hydrogens is 284 g/mol. The average Bonchev–Trinajstić information content (AvgIpc) is 2.85. The van der Waals surface area contributed by atoms with Crippen LogP contribution in [0.2, 0.25) is 0 Å². The molecule has 1 aromatic heterocycles. The number of methoxy groups -OCH3 is 1. The topological polar surface area (TPSA) is 77.4 Å². The van der Waals surface area contributed by atoms with Crippen LogP contribution in [0, 0.1) is 0 Å². The van der Waals surface area contributed by atoms with Crippen molar-refractivity contribution in [3.05, 3.63) is 12.4 Å². The van der Waals surface area contributed by atoms with Crippen LogP contribution < -0.4 is 10.6 Å². The van der Waals surface area contributed by atoms with Gasteiger partial charge in [0.25, 0.3) is 0 Å². The van der Waals surface area contributed by atoms with Crippen molar-refractivity contribution in [1.82, 2.24) is 15.1 Å². The standard InChI is InChI=1S/C12H20N4O3.ClH/c1-18-5-3-16-9-10(7-14-16)15-12(17)6-11-8-13-2-4-19-11;/h7,9,11,13H,2-6,8H2,1H3,(H,15,17);1H. The first kappa shape index (κ1) is 16.9. The Hall–Kier alpha value is -1.15. The number of carbonyl (C=O) groups excluding carboxylic acids is 1. The van der Waals surface area contributed by atoms with Crippen molar-refractivity contribution in [2.45, 2.75) is 19.1 Å². The number of aromatic nitrogens is 2. The minimum absolute atomic E-state index is 0. The van der Waals surface area contributed by atoms with E-state index in [0.29, 0.717) is 31.9 Å². The third kappa shape index (κ3) is 5.46. The summed E-state index contributed by atoms with van der Waals surface area (Å²) in [4.78, 5) is 11.8. The van der Waals surface area contributed by atoms with Gasteiger partial charge in [-0.2, -0.15) is 5.10 Å². The number of halogens is 1. The lowest BCUT2D eigenvalue weighted by Gasteiger charge is -2.22. The van der Waals surface area contributed by atoms with Gasteiger partial charge in [-0.1, -0.05) is 0 Å². The van der Waals surface area contributed by atoms with E-state index in [0.717, 1.165) is 13.1 Å². The van der Waals surface area contributed by atoms with Crippen LogP contribution in [-0.2, 0) is 20.8 Å². The van der Waals surface area contributed by atoms with E-state index in [4.69, 9.17) is 9.47 Å². The van der Waals surface area contributed by atoms with Gasteiger partial charge in [0.15, 0.2) is 0 Å². The number of nitrogens with zero attached hydrogens (tertiary/aromatic N) is 2. The van der Waals surface area contributed by atoms with Crippen molar-refractivity contribution in [3.8, 4) is 0 Å². The van der Waals surface area contributed by atoms with Gasteiger partial charge >= 0.3 is 0 Å². The predicted octanol–water partition coefficient (Wildman–Crippen LogP) is 0.268. The highest BCUT2D eigenvalue weighted by Crippen LogP contribution is 2.08. The van der Waals surface area contributed by atoms with Gasteiger partial charge in [-0.15, -0.1) is 12.4 Å². The molecule has 7 nitrogen and oxygen atoms in total. The molecular formula is C12H21ClN4O3. The van der Waals surface area contributed by atoms with Gasteiger partial charge in [-0.25, -0.2) is 0 Å². The molecule has 1 fully saturated rings. The van der Waals surface area contributed by atoms with Gasteiger partial charge in [0.1, 0.15) is 0 Å². The highest BCUT2D eigenvalue weighted by molar-refractivity contribution is 5.90. The maximum absolute atomic E-state index is 11.8. The zero-order chi connectivity index (χ0) is 13.5. The van der Waals surface area contributed by atoms with Crippen LogP contribution >= 0.6 is 12.4 Å². The van der Waals surface area contributed by atoms with Crippen molar-refractivity contribution in [3.63, 3.8) is 0 Å². The fourth-order valence-electron chi connectivity index (χ4n) is 1.90. The second-order valence-corrected chi connectivity index (χ2v) is 4.43. The van der Waals surface area contributed by atoms with Gasteiger partial charge in [0.2, 0.25) is 5.91 Å². The van der Waals surface area contributed by atoms with E-state index in [9.17, 15) is 4.79 Å². The SMILES string of the molecule is COCCn1cc(NC(=O)CC2CNCCO2)cn1.Cl. The summed E-state index contributed by atoms with van der Waals surface area (Å²) in [6.07, 6.45) is 3.73. The number of nitrogens with one attached hydrogen (secondary N) is 2. The zero-order valence-electron chi connectivity index (χ0n) is 11.5. The minimum atomic E-state index is -0.0556. The maximum Gasteiger partial charge on any atom is 0.227 e. The monoisotopic (exact) mass is 304 g/mol. The molecule has 1 aromatic rings. The Morgan fingerprint density at radius 2 is 2.55 bits per heavy atom. The van der Waals surface area contributed by atoms with Crippen molar-refractivity contribution in [1.29, 1.82) is 0 Å². The van der Waals surface area contributed by atoms with Crippen LogP contribution in [0.3, 0.4) is 0 Å². The Balaban J connectivity index is 0.00000200. The quantitative estimate of drug-likeness (QED) is 0.789. The van der Waals surface area contributed by atoms with E-state index < -0.39 is 0 Å². The number of hydrogen-bond donors (Lipinski definition) is 2. The molecule has 2 N–H and O–H groups in total. The van der Waals surface area contributed by atoms with Gasteiger partial charge in [0, 0.05) is 26.4 Å². The van der Waals surface area contributed by atoms with Gasteiger partial charge in [-0.05, 0) is 0 Å². The summed E-state index contributed by atoms with van der Waals surface area (Å²) in [7, 11) is 1.64. The number of ether oxygens (including phenoxy) is 2. The number of morpholine rings is 1. The van der Waals surface area contributed by atoms with Crippen LogP contribution in [-0.4, -0.2) is 55.2 Å². The zero-order valence-corrected chi connectivity index (χ0v) is 12.3. The number of rotatable bonds is 6. The molecule has 1 unspecified atom stereocenters. The Bertz CT molecular complexity index is 407. The highest BCUT2D eigenvalue weighted by atomic mass is 35.5. The van der Waals surface area contributed by atoms with Crippen LogP contribution in [0.4, 0.5) is 5.69 Å². The molecule has 1 amide bonds. The van der Waals surface area contributed by atoms with Crippen LogP contribution in [0.25, 0.3) is 0 Å². The van der Waals surface area contributed by atoms with Crippen LogP contribution in [0.5, 0.6) is 0 Å². The Morgan fingerprint density at radius 1 is 1.70 bits per heavy atom. The summed E-state index contributed by atoms with van der Waals surface area (Å²) < 4.78 is 12.2. The lowest BCUT2D eigenvalue weighted by atomic mass is 10.2. The summed E-state index contributed by atoms with van der Waals surface area (Å²) in [5.41, 5.74) is 0.699. The average molecular weight is 305 g/mol. The fourth-order valence-corrected chi connectivity index (χ4v) is 1.90. The molecule has 2 rings (SSSR count). The van der Waals surface area contributed by atoms with Crippen molar-refractivity contribution >= 4 is 24.0 Å². The van der Waals surface area contributed by atoms with Crippen LogP contribution in [0.15, 0.2) is 12.4 Å². The first-order valence-corrected chi connectivity index (χ1v) is 6.41. The summed E-state index contributed by atoms with van der Waals surface area (Å²) in [5, 5.41) is 10.1. The van der Waals surface area contributed by atoms with Gasteiger partial charge in [0.05, 0.1) is 44.2 Å². The van der Waals surface area contributed by atoms with E-state index >= 15 is 0 Å². The summed E-state index contributed by atoms with van der Waals surface area (Å²) in [6, 6.07) is 0. The third-order valence-electron chi connectivity index (χ3n) is 2.86. The van der Waals surface area contributed by atoms with Gasteiger partial charge in [-0.3, -0.25) is 9.48 Å². The van der Waals surface area contributed by atoms with E-state index in [1.165, 1.54) is 0 Å². The molecule has 2 heterocycles. The normalized spacial score (nSPS) is 18.4. The second kappa shape index (κ2) is 8.91. The molecule has 1 aliphatic rings. The Morgan fingerprint density at radius 3 is 3.25 bits per heavy atom. The predicted molar refractivity (Wildman–Crippen MR) is 77.2 cm³/mol. The van der Waals surface area contributed by atoms with Crippen LogP contribution in [0.1, 0.15) is 6.42 Å². The summed E-state index contributed by atoms with van der Waals surface area (Å²) in [6.45, 7) is 3.50. The molecule has 0 aliphatic carbocycles. The fraction of sp³-hybridized carbons (Fsp3) is 0.667. The lowest BCUT2D eigenvalue weighted by Crippen LogP contribution is -2.40. The van der Waals surface area contributed by atoms with E-state index in [1.807, 2.05) is 0 Å². The maximum atomic E-state index is 11.8. The van der Waals surface area contributed by atoms with Crippen molar-refractivity contribution in [2.24, 2.45) is 0 Å². The second-order valence-electron chi connectivity index (χ2n) is 4.43. The first-order chi connectivity index (χ1) is 9.28. The van der Waals surface area contributed by atoms with E-state index in [-0.39, 0.29) is 24.4 Å². The van der Waals surface area contributed by atoms with E-state index in [1.54, 1.807) is 24.2 Å². The molecule has 0 bridgehead atoms. The molecule has 0 aromatic carbocycles. The molecule has 20 heavy (non-hydrogen) atoms.